The van der Waals surface area contributed by atoms with Crippen molar-refractivity contribution < 1.29 is 0 Å². The van der Waals surface area contributed by atoms with Gasteiger partial charge in [0.2, 0.25) is 0 Å². The van der Waals surface area contributed by atoms with Crippen molar-refractivity contribution in [3.8, 4) is 0 Å². The van der Waals surface area contributed by atoms with E-state index in [1.165, 1.54) is 16.7 Å². The van der Waals surface area contributed by atoms with Gasteiger partial charge in [-0.1, -0.05) is 23.8 Å². The normalized spacial score (nSPS) is 10.1. The summed E-state index contributed by atoms with van der Waals surface area (Å²) in [5.41, 5.74) is 4.15. The number of aryl methyl sites for hydroxylation is 3. The van der Waals surface area contributed by atoms with Gasteiger partial charge in [-0.15, -0.1) is 0 Å². The highest BCUT2D eigenvalue weighted by molar-refractivity contribution is 7.80. The average Bonchev–Trinajstić information content (AvgIpc) is 1.98. The monoisotopic (exact) mass is 166 g/mol. The van der Waals surface area contributed by atoms with Crippen LogP contribution in [0.2, 0.25) is 0 Å². The summed E-state index contributed by atoms with van der Waals surface area (Å²) in [6, 6.07) is 6.57. The molecule has 0 heterocycles. The summed E-state index contributed by atoms with van der Waals surface area (Å²) < 4.78 is 0. The van der Waals surface area contributed by atoms with E-state index >= 15 is 0 Å². The second kappa shape index (κ2) is 3.82. The van der Waals surface area contributed by atoms with Gasteiger partial charge in [0.15, 0.2) is 0 Å². The van der Waals surface area contributed by atoms with Crippen LogP contribution in [-0.2, 0) is 6.42 Å². The molecule has 0 spiro atoms. The molecule has 1 heteroatoms. The molecule has 0 nitrogen and oxygen atoms in total. The number of hydrogen-bond donors (Lipinski definition) is 1. The molecule has 0 aliphatic rings. The van der Waals surface area contributed by atoms with Crippen molar-refractivity contribution >= 4 is 12.6 Å². The zero-order valence-electron chi connectivity index (χ0n) is 7.09. The van der Waals surface area contributed by atoms with E-state index in [4.69, 9.17) is 0 Å². The Kier molecular flexibility index (Phi) is 3.01. The second-order valence-corrected chi connectivity index (χ2v) is 3.35. The molecule has 1 aromatic rings. The first-order chi connectivity index (χ1) is 5.24. The predicted octanol–water partition coefficient (Wildman–Crippen LogP) is 2.78. The molecule has 0 saturated carbocycles. The topological polar surface area (TPSA) is 0 Å². The lowest BCUT2D eigenvalue weighted by Gasteiger charge is -2.04. The van der Waals surface area contributed by atoms with Crippen LogP contribution in [0.5, 0.6) is 0 Å². The molecule has 1 rings (SSSR count). The molecule has 0 amide bonds. The summed E-state index contributed by atoms with van der Waals surface area (Å²) in [4.78, 5) is 0. The molecule has 0 saturated heterocycles. The summed E-state index contributed by atoms with van der Waals surface area (Å²) in [5, 5.41) is 0. The molecule has 0 bridgehead atoms. The van der Waals surface area contributed by atoms with Gasteiger partial charge in [0, 0.05) is 0 Å². The first-order valence-corrected chi connectivity index (χ1v) is 4.54. The zero-order valence-corrected chi connectivity index (χ0v) is 7.99. The first kappa shape index (κ1) is 8.66. The molecule has 0 fully saturated rings. The molecule has 0 aromatic heterocycles. The highest BCUT2D eigenvalue weighted by atomic mass is 32.1. The Bertz CT molecular complexity index is 241. The van der Waals surface area contributed by atoms with Gasteiger partial charge in [0.25, 0.3) is 0 Å². The Morgan fingerprint density at radius 2 is 2.00 bits per heavy atom. The van der Waals surface area contributed by atoms with E-state index in [2.05, 4.69) is 44.7 Å². The van der Waals surface area contributed by atoms with Crippen LogP contribution in [0.15, 0.2) is 18.2 Å². The Morgan fingerprint density at radius 1 is 1.27 bits per heavy atom. The Labute approximate surface area is 74.0 Å². The maximum absolute atomic E-state index is 4.21. The summed E-state index contributed by atoms with van der Waals surface area (Å²) in [7, 11) is 0. The molecule has 0 unspecified atom stereocenters. The van der Waals surface area contributed by atoms with Crippen molar-refractivity contribution in [2.75, 3.05) is 5.75 Å². The summed E-state index contributed by atoms with van der Waals surface area (Å²) >= 11 is 4.21. The molecule has 0 radical (unpaired) electrons. The Balaban J connectivity index is 2.93. The number of hydrogen-bond acceptors (Lipinski definition) is 1. The summed E-state index contributed by atoms with van der Waals surface area (Å²) in [6.45, 7) is 4.28. The number of thiol groups is 1. The minimum Gasteiger partial charge on any atom is -0.179 e. The van der Waals surface area contributed by atoms with Gasteiger partial charge in [-0.25, -0.2) is 0 Å². The van der Waals surface area contributed by atoms with Crippen LogP contribution in [0.4, 0.5) is 0 Å². The van der Waals surface area contributed by atoms with E-state index in [1.54, 1.807) is 0 Å². The molecule has 1 aromatic carbocycles. The van der Waals surface area contributed by atoms with E-state index < -0.39 is 0 Å². The SMILES string of the molecule is Cc1ccc(C)c(CCS)c1. The van der Waals surface area contributed by atoms with Crippen LogP contribution in [0.25, 0.3) is 0 Å². The standard InChI is InChI=1S/C10H14S/c1-8-3-4-9(2)10(7-8)5-6-11/h3-4,7,11H,5-6H2,1-2H3. The molecule has 0 aliphatic carbocycles. The average molecular weight is 166 g/mol. The smallest absolute Gasteiger partial charge is 0.00573 e. The molecular formula is C10H14S. The minimum absolute atomic E-state index is 0.935. The van der Waals surface area contributed by atoms with E-state index in [-0.39, 0.29) is 0 Å². The largest absolute Gasteiger partial charge is 0.179 e. The molecular weight excluding hydrogens is 152 g/mol. The summed E-state index contributed by atoms with van der Waals surface area (Å²) in [6.07, 6.45) is 1.08. The van der Waals surface area contributed by atoms with Crippen LogP contribution in [0.1, 0.15) is 16.7 Å². The third-order valence-electron chi connectivity index (χ3n) is 1.89. The first-order valence-electron chi connectivity index (χ1n) is 3.91. The van der Waals surface area contributed by atoms with Gasteiger partial charge < -0.3 is 0 Å². The molecule has 0 atom stereocenters. The van der Waals surface area contributed by atoms with Gasteiger partial charge in [0.05, 0.1) is 0 Å². The van der Waals surface area contributed by atoms with Crippen LogP contribution in [0, 0.1) is 13.8 Å². The van der Waals surface area contributed by atoms with Gasteiger partial charge in [-0.2, -0.15) is 12.6 Å². The third kappa shape index (κ3) is 2.26. The maximum atomic E-state index is 4.21. The fourth-order valence-corrected chi connectivity index (χ4v) is 1.43. The van der Waals surface area contributed by atoms with E-state index in [1.807, 2.05) is 0 Å². The minimum atomic E-state index is 0.935. The van der Waals surface area contributed by atoms with Crippen LogP contribution in [0.3, 0.4) is 0 Å². The van der Waals surface area contributed by atoms with Crippen LogP contribution in [-0.4, -0.2) is 5.75 Å². The van der Waals surface area contributed by atoms with Gasteiger partial charge in [0.1, 0.15) is 0 Å². The van der Waals surface area contributed by atoms with Crippen LogP contribution >= 0.6 is 12.6 Å². The van der Waals surface area contributed by atoms with Crippen molar-refractivity contribution in [1.82, 2.24) is 0 Å². The molecule has 11 heavy (non-hydrogen) atoms. The molecule has 0 N–H and O–H groups in total. The second-order valence-electron chi connectivity index (χ2n) is 2.90. The van der Waals surface area contributed by atoms with Gasteiger partial charge in [-0.05, 0) is 37.1 Å². The third-order valence-corrected chi connectivity index (χ3v) is 2.11. The molecule has 60 valence electrons. The quantitative estimate of drug-likeness (QED) is 0.642. The fraction of sp³-hybridized carbons (Fsp3) is 0.400. The lowest BCUT2D eigenvalue weighted by atomic mass is 10.0. The zero-order chi connectivity index (χ0) is 8.27. The van der Waals surface area contributed by atoms with Crippen molar-refractivity contribution in [3.63, 3.8) is 0 Å². The van der Waals surface area contributed by atoms with Crippen molar-refractivity contribution in [2.24, 2.45) is 0 Å². The van der Waals surface area contributed by atoms with E-state index in [0.29, 0.717) is 0 Å². The predicted molar refractivity (Wildman–Crippen MR) is 53.5 cm³/mol. The van der Waals surface area contributed by atoms with Gasteiger partial charge >= 0.3 is 0 Å². The Hall–Kier alpha value is -0.430. The number of benzene rings is 1. The summed E-state index contributed by atoms with van der Waals surface area (Å²) in [5.74, 6) is 0.935. The molecule has 0 aliphatic heterocycles. The number of rotatable bonds is 2. The van der Waals surface area contributed by atoms with Gasteiger partial charge in [-0.3, -0.25) is 0 Å². The van der Waals surface area contributed by atoms with Crippen molar-refractivity contribution in [2.45, 2.75) is 20.3 Å². The van der Waals surface area contributed by atoms with Crippen molar-refractivity contribution in [3.05, 3.63) is 34.9 Å². The maximum Gasteiger partial charge on any atom is -0.00573 e. The van der Waals surface area contributed by atoms with Crippen molar-refractivity contribution in [1.29, 1.82) is 0 Å². The van der Waals surface area contributed by atoms with E-state index in [0.717, 1.165) is 12.2 Å². The van der Waals surface area contributed by atoms with E-state index in [9.17, 15) is 0 Å². The lowest BCUT2D eigenvalue weighted by Crippen LogP contribution is -1.90. The lowest BCUT2D eigenvalue weighted by molar-refractivity contribution is 1.12. The fourth-order valence-electron chi connectivity index (χ4n) is 1.19. The highest BCUT2D eigenvalue weighted by Gasteiger charge is 1.95. The Morgan fingerprint density at radius 3 is 2.64 bits per heavy atom. The van der Waals surface area contributed by atoms with Crippen LogP contribution < -0.4 is 0 Å². The highest BCUT2D eigenvalue weighted by Crippen LogP contribution is 2.11.